The maximum Gasteiger partial charge on any atom is 0.276 e. The first-order valence-electron chi connectivity index (χ1n) is 10.7. The molecule has 1 amide bonds. The van der Waals surface area contributed by atoms with E-state index in [9.17, 15) is 9.18 Å². The largest absolute Gasteiger partial charge is 0.484 e. The predicted octanol–water partition coefficient (Wildman–Crippen LogP) is 2.78. The fourth-order valence-electron chi connectivity index (χ4n) is 3.61. The lowest BCUT2D eigenvalue weighted by Crippen LogP contribution is -2.33. The van der Waals surface area contributed by atoms with Gasteiger partial charge in [-0.15, -0.1) is 0 Å². The van der Waals surface area contributed by atoms with E-state index in [4.69, 9.17) is 16.2 Å². The molecule has 1 aliphatic carbocycles. The molecule has 1 aromatic carbocycles. The molecule has 2 aliphatic rings. The van der Waals surface area contributed by atoms with Crippen molar-refractivity contribution in [2.75, 3.05) is 5.73 Å². The standard InChI is InChI=1S/C25H25FN6O2/c1-15(34-23-5-3-2-4-21(23)26)6-8-19(12-27)30-25(33)24-20-11-16(7-9-22(20)31-32-24)17-10-18(28)14-29-13-17/h2-8,10-15,22,31H,9,27-28H2,1H3,(H,30,33)/b8-6-,19-12+. The third-order valence-corrected chi connectivity index (χ3v) is 5.31. The van der Waals surface area contributed by atoms with Gasteiger partial charge in [0.25, 0.3) is 5.91 Å². The number of hydrogen-bond acceptors (Lipinski definition) is 7. The van der Waals surface area contributed by atoms with Crippen LogP contribution in [-0.2, 0) is 4.79 Å². The van der Waals surface area contributed by atoms with Crippen LogP contribution in [0.4, 0.5) is 10.1 Å². The number of anilines is 1. The summed E-state index contributed by atoms with van der Waals surface area (Å²) in [5, 5.41) is 6.98. The van der Waals surface area contributed by atoms with Crippen molar-refractivity contribution < 1.29 is 13.9 Å². The summed E-state index contributed by atoms with van der Waals surface area (Å²) in [6.07, 6.45) is 12.0. The minimum absolute atomic E-state index is 0.0893. The van der Waals surface area contributed by atoms with Crippen LogP contribution >= 0.6 is 0 Å². The SMILES string of the molecule is CC(/C=C\C(=C/N)NC(=O)C1=NNC2CC=C(c3cncc(N)c3)C=C12)Oc1ccccc1F. The first-order valence-corrected chi connectivity index (χ1v) is 10.7. The number of hydrazone groups is 1. The van der Waals surface area contributed by atoms with E-state index in [0.717, 1.165) is 16.7 Å². The van der Waals surface area contributed by atoms with E-state index in [1.807, 2.05) is 12.1 Å². The van der Waals surface area contributed by atoms with Crippen molar-refractivity contribution in [3.63, 3.8) is 0 Å². The molecule has 1 aromatic heterocycles. The molecule has 0 radical (unpaired) electrons. The number of nitrogen functional groups attached to an aromatic ring is 1. The van der Waals surface area contributed by atoms with Gasteiger partial charge in [-0.2, -0.15) is 5.10 Å². The number of ether oxygens (including phenoxy) is 1. The molecule has 2 atom stereocenters. The van der Waals surface area contributed by atoms with Crippen molar-refractivity contribution in [2.45, 2.75) is 25.5 Å². The van der Waals surface area contributed by atoms with Crippen LogP contribution in [0.3, 0.4) is 0 Å². The Morgan fingerprint density at radius 1 is 1.35 bits per heavy atom. The second-order valence-corrected chi connectivity index (χ2v) is 7.83. The molecule has 2 unspecified atom stereocenters. The number of amides is 1. The van der Waals surface area contributed by atoms with Crippen LogP contribution in [0.25, 0.3) is 5.57 Å². The van der Waals surface area contributed by atoms with Gasteiger partial charge in [-0.3, -0.25) is 9.78 Å². The number of allylic oxidation sites excluding steroid dienone is 3. The van der Waals surface area contributed by atoms with E-state index in [0.29, 0.717) is 17.8 Å². The maximum atomic E-state index is 13.8. The summed E-state index contributed by atoms with van der Waals surface area (Å²) in [5.74, 6) is -0.713. The Labute approximate surface area is 196 Å². The number of benzene rings is 1. The molecule has 1 aliphatic heterocycles. The second-order valence-electron chi connectivity index (χ2n) is 7.83. The number of nitrogens with zero attached hydrogens (tertiary/aromatic N) is 2. The molecule has 6 N–H and O–H groups in total. The molecule has 4 rings (SSSR count). The quantitative estimate of drug-likeness (QED) is 0.471. The average Bonchev–Trinajstić information content (AvgIpc) is 3.26. The Morgan fingerprint density at radius 2 is 2.18 bits per heavy atom. The smallest absolute Gasteiger partial charge is 0.276 e. The Kier molecular flexibility index (Phi) is 6.72. The number of hydrogen-bond donors (Lipinski definition) is 4. The predicted molar refractivity (Wildman–Crippen MR) is 130 cm³/mol. The van der Waals surface area contributed by atoms with Crippen molar-refractivity contribution in [1.29, 1.82) is 0 Å². The highest BCUT2D eigenvalue weighted by Gasteiger charge is 2.31. The maximum absolute atomic E-state index is 13.8. The fraction of sp³-hybridized carbons (Fsp3) is 0.160. The van der Waals surface area contributed by atoms with Crippen LogP contribution in [0, 0.1) is 5.82 Å². The first kappa shape index (κ1) is 22.8. The van der Waals surface area contributed by atoms with Gasteiger partial charge in [-0.25, -0.2) is 4.39 Å². The summed E-state index contributed by atoms with van der Waals surface area (Å²) in [6.45, 7) is 1.75. The van der Waals surface area contributed by atoms with Crippen molar-refractivity contribution in [1.82, 2.24) is 15.7 Å². The summed E-state index contributed by atoms with van der Waals surface area (Å²) >= 11 is 0. The zero-order valence-corrected chi connectivity index (χ0v) is 18.5. The van der Waals surface area contributed by atoms with Crippen LogP contribution in [-0.4, -0.2) is 28.7 Å². The van der Waals surface area contributed by atoms with Gasteiger partial charge in [-0.05, 0) is 55.3 Å². The van der Waals surface area contributed by atoms with Crippen molar-refractivity contribution >= 4 is 22.9 Å². The van der Waals surface area contributed by atoms with Gasteiger partial charge >= 0.3 is 0 Å². The van der Waals surface area contributed by atoms with Gasteiger partial charge in [0.2, 0.25) is 0 Å². The van der Waals surface area contributed by atoms with Crippen LogP contribution in [0.2, 0.25) is 0 Å². The number of carbonyl (C=O) groups excluding carboxylic acids is 1. The third-order valence-electron chi connectivity index (χ3n) is 5.31. The highest BCUT2D eigenvalue weighted by molar-refractivity contribution is 6.46. The summed E-state index contributed by atoms with van der Waals surface area (Å²) < 4.78 is 19.3. The molecule has 34 heavy (non-hydrogen) atoms. The molecule has 2 aromatic rings. The van der Waals surface area contributed by atoms with E-state index in [-0.39, 0.29) is 17.5 Å². The van der Waals surface area contributed by atoms with Crippen LogP contribution in [0.5, 0.6) is 5.75 Å². The summed E-state index contributed by atoms with van der Waals surface area (Å²) in [4.78, 5) is 17.1. The molecule has 174 valence electrons. The summed E-state index contributed by atoms with van der Waals surface area (Å²) in [6, 6.07) is 7.89. The van der Waals surface area contributed by atoms with Gasteiger partial charge < -0.3 is 26.9 Å². The van der Waals surface area contributed by atoms with E-state index in [1.54, 1.807) is 49.7 Å². The molecular weight excluding hydrogens is 435 g/mol. The number of halogens is 1. The Balaban J connectivity index is 1.42. The summed E-state index contributed by atoms with van der Waals surface area (Å²) in [7, 11) is 0. The van der Waals surface area contributed by atoms with Gasteiger partial charge in [-0.1, -0.05) is 18.2 Å². The third kappa shape index (κ3) is 5.15. The number of nitrogens with one attached hydrogen (secondary N) is 2. The van der Waals surface area contributed by atoms with Crippen molar-refractivity contribution in [2.24, 2.45) is 10.8 Å². The van der Waals surface area contributed by atoms with Gasteiger partial charge in [0.05, 0.1) is 17.4 Å². The van der Waals surface area contributed by atoms with Crippen LogP contribution in [0.15, 0.2) is 89.6 Å². The highest BCUT2D eigenvalue weighted by Crippen LogP contribution is 2.29. The number of carbonyl (C=O) groups is 1. The normalized spacial score (nSPS) is 18.4. The number of para-hydroxylation sites is 1. The van der Waals surface area contributed by atoms with Crippen LogP contribution in [0.1, 0.15) is 18.9 Å². The molecule has 0 bridgehead atoms. The van der Waals surface area contributed by atoms with Gasteiger partial charge in [0, 0.05) is 29.7 Å². The van der Waals surface area contributed by atoms with Crippen molar-refractivity contribution in [3.8, 4) is 5.75 Å². The number of fused-ring (bicyclic) bond motifs is 1. The van der Waals surface area contributed by atoms with E-state index >= 15 is 0 Å². The fourth-order valence-corrected chi connectivity index (χ4v) is 3.61. The highest BCUT2D eigenvalue weighted by atomic mass is 19.1. The lowest BCUT2D eigenvalue weighted by Gasteiger charge is -2.18. The topological polar surface area (TPSA) is 128 Å². The van der Waals surface area contributed by atoms with E-state index in [1.165, 1.54) is 12.3 Å². The summed E-state index contributed by atoms with van der Waals surface area (Å²) in [5.41, 5.74) is 18.3. The lowest BCUT2D eigenvalue weighted by atomic mass is 9.90. The molecule has 0 spiro atoms. The number of rotatable bonds is 7. The zero-order chi connectivity index (χ0) is 24.1. The van der Waals surface area contributed by atoms with Gasteiger partial charge in [0.1, 0.15) is 6.10 Å². The molecular formula is C25H25FN6O2. The average molecular weight is 461 g/mol. The molecule has 9 heteroatoms. The first-order chi connectivity index (χ1) is 16.4. The van der Waals surface area contributed by atoms with E-state index < -0.39 is 17.8 Å². The molecule has 0 saturated carbocycles. The number of aromatic nitrogens is 1. The minimum atomic E-state index is -0.459. The molecule has 8 nitrogen and oxygen atoms in total. The Hall–Kier alpha value is -4.40. The minimum Gasteiger partial charge on any atom is -0.484 e. The Bertz CT molecular complexity index is 1250. The van der Waals surface area contributed by atoms with Crippen LogP contribution < -0.4 is 26.9 Å². The zero-order valence-electron chi connectivity index (χ0n) is 18.5. The molecule has 2 heterocycles. The molecule has 0 saturated heterocycles. The molecule has 0 fully saturated rings. The van der Waals surface area contributed by atoms with E-state index in [2.05, 4.69) is 26.9 Å². The number of nitrogens with two attached hydrogens (primary N) is 2. The Morgan fingerprint density at radius 3 is 2.94 bits per heavy atom. The second kappa shape index (κ2) is 10.0. The van der Waals surface area contributed by atoms with Gasteiger partial charge in [0.15, 0.2) is 17.3 Å². The van der Waals surface area contributed by atoms with Crippen molar-refractivity contribution in [3.05, 3.63) is 95.9 Å². The number of pyridine rings is 1. The lowest BCUT2D eigenvalue weighted by molar-refractivity contribution is -0.114. The monoisotopic (exact) mass is 460 g/mol.